The van der Waals surface area contributed by atoms with Crippen molar-refractivity contribution in [2.75, 3.05) is 25.0 Å². The Morgan fingerprint density at radius 3 is 2.75 bits per heavy atom. The van der Waals surface area contributed by atoms with Crippen LogP contribution in [0.15, 0.2) is 0 Å². The Labute approximate surface area is 108 Å². The normalized spacial score (nSPS) is 44.1. The van der Waals surface area contributed by atoms with Crippen molar-refractivity contribution in [3.63, 3.8) is 0 Å². The molecular formula is C14H24BrN. The Morgan fingerprint density at radius 1 is 1.12 bits per heavy atom. The van der Waals surface area contributed by atoms with Gasteiger partial charge in [-0.15, -0.1) is 0 Å². The van der Waals surface area contributed by atoms with Gasteiger partial charge in [0.2, 0.25) is 0 Å². The summed E-state index contributed by atoms with van der Waals surface area (Å²) < 4.78 is 0. The van der Waals surface area contributed by atoms with Crippen molar-refractivity contribution in [1.82, 2.24) is 4.90 Å². The first-order valence-corrected chi connectivity index (χ1v) is 8.25. The minimum atomic E-state index is 0.923. The Bertz CT molecular complexity index is 243. The van der Waals surface area contributed by atoms with Crippen molar-refractivity contribution >= 4 is 15.9 Å². The van der Waals surface area contributed by atoms with Gasteiger partial charge in [-0.2, -0.15) is 0 Å². The van der Waals surface area contributed by atoms with E-state index in [1.807, 2.05) is 0 Å². The fourth-order valence-electron chi connectivity index (χ4n) is 4.37. The fourth-order valence-corrected chi connectivity index (χ4v) is 4.90. The average molecular weight is 286 g/mol. The van der Waals surface area contributed by atoms with Crippen molar-refractivity contribution in [2.45, 2.75) is 38.5 Å². The van der Waals surface area contributed by atoms with E-state index in [0.29, 0.717) is 0 Å². The van der Waals surface area contributed by atoms with E-state index in [0.717, 1.165) is 23.7 Å². The van der Waals surface area contributed by atoms with Gasteiger partial charge in [-0.1, -0.05) is 22.4 Å². The molecule has 3 aliphatic rings. The smallest absolute Gasteiger partial charge is 0.00718 e. The standard InChI is InChI=1S/C14H24BrN/c15-8-12-2-1-5-16(9-12)10-14-7-11-3-4-13(14)6-11/h11-14H,1-10H2. The van der Waals surface area contributed by atoms with Crippen molar-refractivity contribution in [1.29, 1.82) is 0 Å². The molecule has 4 atom stereocenters. The lowest BCUT2D eigenvalue weighted by Crippen LogP contribution is -2.40. The zero-order valence-corrected chi connectivity index (χ0v) is 11.8. The van der Waals surface area contributed by atoms with E-state index in [4.69, 9.17) is 0 Å². The molecule has 16 heavy (non-hydrogen) atoms. The van der Waals surface area contributed by atoms with Gasteiger partial charge in [0.25, 0.3) is 0 Å². The SMILES string of the molecule is BrCC1CCCN(CC2CC3CCC2C3)C1. The number of piperidine rings is 1. The van der Waals surface area contributed by atoms with E-state index in [1.54, 1.807) is 25.7 Å². The summed E-state index contributed by atoms with van der Waals surface area (Å²) in [5.41, 5.74) is 0. The zero-order chi connectivity index (χ0) is 11.0. The van der Waals surface area contributed by atoms with Crippen LogP contribution in [0.3, 0.4) is 0 Å². The van der Waals surface area contributed by atoms with E-state index >= 15 is 0 Å². The van der Waals surface area contributed by atoms with E-state index in [1.165, 1.54) is 37.8 Å². The molecule has 2 heteroatoms. The summed E-state index contributed by atoms with van der Waals surface area (Å²) in [4.78, 5) is 2.76. The maximum atomic E-state index is 3.66. The summed E-state index contributed by atoms with van der Waals surface area (Å²) in [6.07, 6.45) is 9.09. The second-order valence-electron chi connectivity index (χ2n) is 6.36. The van der Waals surface area contributed by atoms with Gasteiger partial charge in [0, 0.05) is 18.4 Å². The number of halogens is 1. The Balaban J connectivity index is 1.51. The number of alkyl halides is 1. The van der Waals surface area contributed by atoms with Crippen LogP contribution in [0, 0.1) is 23.7 Å². The minimum Gasteiger partial charge on any atom is -0.303 e. The molecule has 1 nitrogen and oxygen atoms in total. The van der Waals surface area contributed by atoms with Crippen molar-refractivity contribution in [3.8, 4) is 0 Å². The minimum absolute atomic E-state index is 0.923. The van der Waals surface area contributed by atoms with Crippen LogP contribution in [0.5, 0.6) is 0 Å². The van der Waals surface area contributed by atoms with Crippen LogP contribution in [0.4, 0.5) is 0 Å². The molecule has 92 valence electrons. The van der Waals surface area contributed by atoms with Crippen LogP contribution in [-0.4, -0.2) is 29.9 Å². The lowest BCUT2D eigenvalue weighted by atomic mass is 9.87. The molecule has 0 aromatic heterocycles. The average Bonchev–Trinajstić information content (AvgIpc) is 2.91. The molecule has 2 aliphatic carbocycles. The van der Waals surface area contributed by atoms with Gasteiger partial charge >= 0.3 is 0 Å². The largest absolute Gasteiger partial charge is 0.303 e. The molecule has 0 radical (unpaired) electrons. The van der Waals surface area contributed by atoms with E-state index < -0.39 is 0 Å². The maximum absolute atomic E-state index is 3.66. The topological polar surface area (TPSA) is 3.24 Å². The molecule has 0 amide bonds. The third kappa shape index (κ3) is 2.33. The molecule has 1 aliphatic heterocycles. The summed E-state index contributed by atoms with van der Waals surface area (Å²) >= 11 is 3.66. The van der Waals surface area contributed by atoms with Crippen LogP contribution >= 0.6 is 15.9 Å². The lowest BCUT2D eigenvalue weighted by Gasteiger charge is -2.35. The summed E-state index contributed by atoms with van der Waals surface area (Å²) in [5, 5.41) is 1.21. The lowest BCUT2D eigenvalue weighted by molar-refractivity contribution is 0.139. The van der Waals surface area contributed by atoms with Gasteiger partial charge < -0.3 is 4.90 Å². The maximum Gasteiger partial charge on any atom is 0.00718 e. The highest BCUT2D eigenvalue weighted by atomic mass is 79.9. The number of likely N-dealkylation sites (tertiary alicyclic amines) is 1. The molecule has 4 unspecified atom stereocenters. The molecule has 1 heterocycles. The van der Waals surface area contributed by atoms with Gasteiger partial charge in [-0.3, -0.25) is 0 Å². The van der Waals surface area contributed by atoms with Crippen LogP contribution in [-0.2, 0) is 0 Å². The van der Waals surface area contributed by atoms with Gasteiger partial charge in [0.1, 0.15) is 0 Å². The Hall–Kier alpha value is 0.440. The first kappa shape index (κ1) is 11.5. The van der Waals surface area contributed by atoms with E-state index in [9.17, 15) is 0 Å². The number of hydrogen-bond acceptors (Lipinski definition) is 1. The van der Waals surface area contributed by atoms with Crippen LogP contribution in [0.25, 0.3) is 0 Å². The molecule has 1 saturated heterocycles. The third-order valence-corrected chi connectivity index (χ3v) is 6.11. The quantitative estimate of drug-likeness (QED) is 0.717. The number of hydrogen-bond donors (Lipinski definition) is 0. The Kier molecular flexibility index (Phi) is 3.58. The summed E-state index contributed by atoms with van der Waals surface area (Å²) in [7, 11) is 0. The third-order valence-electron chi connectivity index (χ3n) is 5.20. The number of fused-ring (bicyclic) bond motifs is 2. The second kappa shape index (κ2) is 4.97. The molecule has 2 saturated carbocycles. The van der Waals surface area contributed by atoms with E-state index in [-0.39, 0.29) is 0 Å². The monoisotopic (exact) mass is 285 g/mol. The number of rotatable bonds is 3. The summed E-state index contributed by atoms with van der Waals surface area (Å²) in [5.74, 6) is 4.21. The van der Waals surface area contributed by atoms with Crippen LogP contribution < -0.4 is 0 Å². The van der Waals surface area contributed by atoms with Crippen molar-refractivity contribution < 1.29 is 0 Å². The van der Waals surface area contributed by atoms with Crippen molar-refractivity contribution in [3.05, 3.63) is 0 Å². The fraction of sp³-hybridized carbons (Fsp3) is 1.00. The predicted molar refractivity (Wildman–Crippen MR) is 71.9 cm³/mol. The first-order chi connectivity index (χ1) is 7.85. The highest BCUT2D eigenvalue weighted by Crippen LogP contribution is 2.48. The van der Waals surface area contributed by atoms with Gasteiger partial charge in [0.05, 0.1) is 0 Å². The Morgan fingerprint density at radius 2 is 2.06 bits per heavy atom. The van der Waals surface area contributed by atoms with Crippen LogP contribution in [0.1, 0.15) is 38.5 Å². The molecule has 3 rings (SSSR count). The molecule has 0 spiro atoms. The molecular weight excluding hydrogens is 262 g/mol. The molecule has 0 N–H and O–H groups in total. The van der Waals surface area contributed by atoms with Gasteiger partial charge in [-0.25, -0.2) is 0 Å². The first-order valence-electron chi connectivity index (χ1n) is 7.13. The highest BCUT2D eigenvalue weighted by molar-refractivity contribution is 9.09. The predicted octanol–water partition coefficient (Wildman–Crippen LogP) is 3.53. The van der Waals surface area contributed by atoms with E-state index in [2.05, 4.69) is 20.8 Å². The molecule has 0 aromatic carbocycles. The molecule has 2 bridgehead atoms. The highest BCUT2D eigenvalue weighted by Gasteiger charge is 2.40. The number of nitrogens with zero attached hydrogens (tertiary/aromatic N) is 1. The molecule has 0 aromatic rings. The van der Waals surface area contributed by atoms with Gasteiger partial charge in [-0.05, 0) is 62.3 Å². The van der Waals surface area contributed by atoms with Crippen molar-refractivity contribution in [2.24, 2.45) is 23.7 Å². The summed E-state index contributed by atoms with van der Waals surface area (Å²) in [6, 6.07) is 0. The summed E-state index contributed by atoms with van der Waals surface area (Å²) in [6.45, 7) is 4.15. The van der Waals surface area contributed by atoms with Crippen LogP contribution in [0.2, 0.25) is 0 Å². The second-order valence-corrected chi connectivity index (χ2v) is 7.00. The zero-order valence-electron chi connectivity index (χ0n) is 10.2. The van der Waals surface area contributed by atoms with Gasteiger partial charge in [0.15, 0.2) is 0 Å². The molecule has 3 fully saturated rings.